The summed E-state index contributed by atoms with van der Waals surface area (Å²) in [5.74, 6) is 0.326. The van der Waals surface area contributed by atoms with Gasteiger partial charge in [0.2, 0.25) is 5.91 Å². The third kappa shape index (κ3) is 1.63. The molecule has 3 aliphatic rings. The van der Waals surface area contributed by atoms with E-state index in [9.17, 15) is 4.79 Å². The molecule has 0 aromatic heterocycles. The normalized spacial score (nSPS) is 44.0. The van der Waals surface area contributed by atoms with Crippen molar-refractivity contribution in [2.75, 3.05) is 33.3 Å². The summed E-state index contributed by atoms with van der Waals surface area (Å²) in [5, 5.41) is 0. The zero-order chi connectivity index (χ0) is 14.7. The number of fused-ring (bicyclic) bond motifs is 1. The van der Waals surface area contributed by atoms with Crippen LogP contribution in [0, 0.1) is 11.3 Å². The first kappa shape index (κ1) is 14.3. The number of hydrogen-bond acceptors (Lipinski definition) is 4. The van der Waals surface area contributed by atoms with Crippen LogP contribution >= 0.6 is 0 Å². The third-order valence-corrected chi connectivity index (χ3v) is 5.90. The summed E-state index contributed by atoms with van der Waals surface area (Å²) in [7, 11) is 2.10. The summed E-state index contributed by atoms with van der Waals surface area (Å²) in [4.78, 5) is 17.4. The second-order valence-corrected chi connectivity index (χ2v) is 7.39. The zero-order valence-corrected chi connectivity index (χ0v) is 13.1. The number of nitrogens with two attached hydrogens (primary N) is 1. The van der Waals surface area contributed by atoms with Crippen LogP contribution in [0.2, 0.25) is 0 Å². The molecule has 2 saturated heterocycles. The van der Waals surface area contributed by atoms with Crippen molar-refractivity contribution in [2.45, 2.75) is 44.9 Å². The van der Waals surface area contributed by atoms with Crippen molar-refractivity contribution in [3.05, 3.63) is 0 Å². The summed E-state index contributed by atoms with van der Waals surface area (Å²) in [6, 6.07) is 0.235. The molecule has 20 heavy (non-hydrogen) atoms. The molecule has 0 bridgehead atoms. The Labute approximate surface area is 121 Å². The standard InChI is InChI=1S/C15H27N3O2/c1-10-9-17(4)6-7-18(10)13(19)15(16)11-5-8-20-12(11)14(15,2)3/h10-12H,5-9,16H2,1-4H3. The molecule has 5 nitrogen and oxygen atoms in total. The van der Waals surface area contributed by atoms with Crippen LogP contribution in [0.25, 0.3) is 0 Å². The van der Waals surface area contributed by atoms with Gasteiger partial charge in [0.25, 0.3) is 0 Å². The molecule has 0 aromatic rings. The second kappa shape index (κ2) is 4.42. The molecule has 0 radical (unpaired) electrons. The van der Waals surface area contributed by atoms with Crippen LogP contribution in [0.3, 0.4) is 0 Å². The van der Waals surface area contributed by atoms with Crippen molar-refractivity contribution in [1.82, 2.24) is 9.80 Å². The van der Waals surface area contributed by atoms with Gasteiger partial charge in [-0.3, -0.25) is 4.79 Å². The Balaban J connectivity index is 1.83. The lowest BCUT2D eigenvalue weighted by atomic mass is 9.47. The Morgan fingerprint density at radius 3 is 2.70 bits per heavy atom. The Morgan fingerprint density at radius 2 is 2.05 bits per heavy atom. The number of hydrogen-bond donors (Lipinski definition) is 1. The first-order valence-electron chi connectivity index (χ1n) is 7.70. The van der Waals surface area contributed by atoms with E-state index < -0.39 is 5.54 Å². The Bertz CT molecular complexity index is 425. The minimum Gasteiger partial charge on any atom is -0.377 e. The number of carbonyl (C=O) groups is 1. The highest BCUT2D eigenvalue weighted by atomic mass is 16.5. The summed E-state index contributed by atoms with van der Waals surface area (Å²) in [5.41, 5.74) is 5.63. The largest absolute Gasteiger partial charge is 0.377 e. The maximum atomic E-state index is 13.1. The molecule has 4 atom stereocenters. The number of rotatable bonds is 1. The van der Waals surface area contributed by atoms with Crippen molar-refractivity contribution in [1.29, 1.82) is 0 Å². The molecule has 2 heterocycles. The summed E-state index contributed by atoms with van der Waals surface area (Å²) in [6.07, 6.45) is 1.07. The van der Waals surface area contributed by atoms with Crippen molar-refractivity contribution in [3.8, 4) is 0 Å². The van der Waals surface area contributed by atoms with Crippen LogP contribution in [0.1, 0.15) is 27.2 Å². The van der Waals surface area contributed by atoms with E-state index in [1.807, 2.05) is 4.90 Å². The number of piperazine rings is 1. The van der Waals surface area contributed by atoms with E-state index in [2.05, 4.69) is 32.7 Å². The third-order valence-electron chi connectivity index (χ3n) is 5.90. The average molecular weight is 281 g/mol. The Hall–Kier alpha value is -0.650. The lowest BCUT2D eigenvalue weighted by Gasteiger charge is -2.62. The van der Waals surface area contributed by atoms with Gasteiger partial charge in [0, 0.05) is 43.6 Å². The molecule has 2 aliphatic heterocycles. The van der Waals surface area contributed by atoms with Gasteiger partial charge in [0.15, 0.2) is 0 Å². The average Bonchev–Trinajstić information content (AvgIpc) is 2.85. The van der Waals surface area contributed by atoms with Crippen LogP contribution in [-0.2, 0) is 9.53 Å². The smallest absolute Gasteiger partial charge is 0.244 e. The monoisotopic (exact) mass is 281 g/mol. The second-order valence-electron chi connectivity index (χ2n) is 7.39. The molecule has 114 valence electrons. The SMILES string of the molecule is CC1CN(C)CCN1C(=O)C1(N)C2CCOC2C1(C)C. The van der Waals surface area contributed by atoms with Crippen LogP contribution in [0.4, 0.5) is 0 Å². The molecule has 2 N–H and O–H groups in total. The van der Waals surface area contributed by atoms with E-state index in [0.29, 0.717) is 0 Å². The Kier molecular flexibility index (Phi) is 3.16. The van der Waals surface area contributed by atoms with Crippen molar-refractivity contribution in [2.24, 2.45) is 17.1 Å². The minimum atomic E-state index is -0.752. The maximum absolute atomic E-state index is 13.1. The highest BCUT2D eigenvalue weighted by molar-refractivity contribution is 5.90. The van der Waals surface area contributed by atoms with E-state index in [1.54, 1.807) is 0 Å². The van der Waals surface area contributed by atoms with Gasteiger partial charge in [0.05, 0.1) is 6.10 Å². The zero-order valence-electron chi connectivity index (χ0n) is 13.1. The van der Waals surface area contributed by atoms with Gasteiger partial charge < -0.3 is 20.3 Å². The molecule has 1 saturated carbocycles. The highest BCUT2D eigenvalue weighted by Crippen LogP contribution is 2.58. The Morgan fingerprint density at radius 1 is 1.35 bits per heavy atom. The molecule has 0 aromatic carbocycles. The number of ether oxygens (including phenoxy) is 1. The van der Waals surface area contributed by atoms with E-state index in [0.717, 1.165) is 32.7 Å². The van der Waals surface area contributed by atoms with Crippen LogP contribution < -0.4 is 5.73 Å². The maximum Gasteiger partial charge on any atom is 0.244 e. The fourth-order valence-electron chi connectivity index (χ4n) is 4.50. The number of nitrogens with zero attached hydrogens (tertiary/aromatic N) is 2. The first-order valence-corrected chi connectivity index (χ1v) is 7.70. The summed E-state index contributed by atoms with van der Waals surface area (Å²) >= 11 is 0. The quantitative estimate of drug-likeness (QED) is 0.750. The van der Waals surface area contributed by atoms with Crippen molar-refractivity contribution < 1.29 is 9.53 Å². The first-order chi connectivity index (χ1) is 9.30. The molecule has 5 heteroatoms. The fraction of sp³-hybridized carbons (Fsp3) is 0.933. The number of amides is 1. The molecule has 0 spiro atoms. The predicted molar refractivity (Wildman–Crippen MR) is 77.2 cm³/mol. The summed E-state index contributed by atoms with van der Waals surface area (Å²) < 4.78 is 5.79. The van der Waals surface area contributed by atoms with Crippen LogP contribution in [0.15, 0.2) is 0 Å². The van der Waals surface area contributed by atoms with Gasteiger partial charge in [-0.2, -0.15) is 0 Å². The lowest BCUT2D eigenvalue weighted by molar-refractivity contribution is -0.187. The molecule has 3 rings (SSSR count). The predicted octanol–water partition coefficient (Wildman–Crippen LogP) is 0.291. The van der Waals surface area contributed by atoms with E-state index in [-0.39, 0.29) is 29.4 Å². The molecular formula is C15H27N3O2. The topological polar surface area (TPSA) is 58.8 Å². The number of likely N-dealkylation sites (N-methyl/N-ethyl adjacent to an activating group) is 1. The molecule has 1 amide bonds. The van der Waals surface area contributed by atoms with Gasteiger partial charge in [0.1, 0.15) is 5.54 Å². The van der Waals surface area contributed by atoms with Crippen molar-refractivity contribution >= 4 is 5.91 Å². The van der Waals surface area contributed by atoms with Gasteiger partial charge in [-0.25, -0.2) is 0 Å². The fourth-order valence-corrected chi connectivity index (χ4v) is 4.50. The van der Waals surface area contributed by atoms with Gasteiger partial charge in [-0.15, -0.1) is 0 Å². The van der Waals surface area contributed by atoms with Crippen LogP contribution in [0.5, 0.6) is 0 Å². The summed E-state index contributed by atoms with van der Waals surface area (Å²) in [6.45, 7) is 9.65. The van der Waals surface area contributed by atoms with E-state index in [1.165, 1.54) is 0 Å². The van der Waals surface area contributed by atoms with Gasteiger partial charge in [-0.05, 0) is 20.4 Å². The minimum absolute atomic E-state index is 0.134. The van der Waals surface area contributed by atoms with Crippen LogP contribution in [-0.4, -0.2) is 66.7 Å². The molecule has 1 aliphatic carbocycles. The molecule has 4 unspecified atom stereocenters. The number of carbonyl (C=O) groups excluding carboxylic acids is 1. The van der Waals surface area contributed by atoms with Crippen molar-refractivity contribution in [3.63, 3.8) is 0 Å². The molecular weight excluding hydrogens is 254 g/mol. The molecule has 3 fully saturated rings. The van der Waals surface area contributed by atoms with E-state index >= 15 is 0 Å². The lowest BCUT2D eigenvalue weighted by Crippen LogP contribution is -2.81. The van der Waals surface area contributed by atoms with E-state index in [4.69, 9.17) is 10.5 Å². The van der Waals surface area contributed by atoms with Gasteiger partial charge in [-0.1, -0.05) is 13.8 Å². The van der Waals surface area contributed by atoms with Gasteiger partial charge >= 0.3 is 0 Å². The highest BCUT2D eigenvalue weighted by Gasteiger charge is 2.72.